The Morgan fingerprint density at radius 3 is 2.03 bits per heavy atom. The van der Waals surface area contributed by atoms with Crippen LogP contribution in [0.25, 0.3) is 0 Å². The van der Waals surface area contributed by atoms with Crippen molar-refractivity contribution in [2.45, 2.75) is 136 Å². The molecule has 1 aromatic carbocycles. The quantitative estimate of drug-likeness (QED) is 0.171. The lowest BCUT2D eigenvalue weighted by Gasteiger charge is -2.25. The van der Waals surface area contributed by atoms with Crippen molar-refractivity contribution in [1.82, 2.24) is 5.32 Å². The number of alkyl carbamates (subject to hydrolysis) is 1. The van der Waals surface area contributed by atoms with Gasteiger partial charge in [0.05, 0.1) is 18.8 Å². The van der Waals surface area contributed by atoms with Gasteiger partial charge in [-0.25, -0.2) is 4.79 Å². The van der Waals surface area contributed by atoms with E-state index in [1.54, 1.807) is 0 Å². The number of allylic oxidation sites excluding steroid dienone is 1. The van der Waals surface area contributed by atoms with Crippen molar-refractivity contribution in [1.29, 1.82) is 0 Å². The fourth-order valence-electron chi connectivity index (χ4n) is 3.87. The highest BCUT2D eigenvalue weighted by Gasteiger charge is 2.22. The van der Waals surface area contributed by atoms with Crippen LogP contribution >= 0.6 is 0 Å². The predicted octanol–water partition coefficient (Wildman–Crippen LogP) is 8.74. The number of nitrogens with one attached hydrogen (secondary N) is 1. The zero-order valence-electron chi connectivity index (χ0n) is 22.6. The number of ether oxygens (including phenoxy) is 2. The van der Waals surface area contributed by atoms with Crippen LogP contribution in [0.4, 0.5) is 4.79 Å². The minimum absolute atomic E-state index is 0.188. The maximum Gasteiger partial charge on any atom is 0.407 e. The monoisotopic (exact) mass is 473 g/mol. The lowest BCUT2D eigenvalue weighted by Crippen LogP contribution is -2.44. The Hall–Kier alpha value is -1.81. The molecule has 0 fully saturated rings. The molecule has 0 aliphatic heterocycles. The lowest BCUT2D eigenvalue weighted by atomic mass is 10.0. The molecular formula is C30H51NO3. The van der Waals surface area contributed by atoms with Crippen LogP contribution in [0.5, 0.6) is 0 Å². The first-order valence-electron chi connectivity index (χ1n) is 13.6. The van der Waals surface area contributed by atoms with Crippen molar-refractivity contribution in [3.8, 4) is 0 Å². The van der Waals surface area contributed by atoms with Crippen LogP contribution in [-0.4, -0.2) is 23.8 Å². The Kier molecular flexibility index (Phi) is 16.5. The van der Waals surface area contributed by atoms with E-state index in [1.165, 1.54) is 70.6 Å². The van der Waals surface area contributed by atoms with Gasteiger partial charge in [-0.1, -0.05) is 114 Å². The molecular weight excluding hydrogens is 422 g/mol. The molecule has 2 atom stereocenters. The number of benzene rings is 1. The van der Waals surface area contributed by atoms with Crippen LogP contribution in [0.3, 0.4) is 0 Å². The van der Waals surface area contributed by atoms with E-state index in [0.29, 0.717) is 6.61 Å². The molecule has 34 heavy (non-hydrogen) atoms. The molecule has 0 saturated heterocycles. The van der Waals surface area contributed by atoms with Gasteiger partial charge in [-0.15, -0.1) is 0 Å². The Morgan fingerprint density at radius 1 is 0.912 bits per heavy atom. The SMILES string of the molecule is CCCCCCCCCCCCC/C=C/[C@@H](OCc1ccccc1)[C@H](C)NC(=O)OC(C)(C)C. The molecule has 4 nitrogen and oxygen atoms in total. The van der Waals surface area contributed by atoms with Gasteiger partial charge in [-0.2, -0.15) is 0 Å². The number of carbonyl (C=O) groups is 1. The molecule has 1 aromatic rings. The first-order chi connectivity index (χ1) is 16.3. The topological polar surface area (TPSA) is 47.6 Å². The summed E-state index contributed by atoms with van der Waals surface area (Å²) in [5.41, 5.74) is 0.602. The van der Waals surface area contributed by atoms with Crippen molar-refractivity contribution in [2.24, 2.45) is 0 Å². The second-order valence-electron chi connectivity index (χ2n) is 10.4. The van der Waals surface area contributed by atoms with E-state index < -0.39 is 11.7 Å². The average molecular weight is 474 g/mol. The molecule has 1 rings (SSSR count). The third kappa shape index (κ3) is 16.7. The molecule has 0 heterocycles. The third-order valence-corrected chi connectivity index (χ3v) is 5.82. The molecule has 0 aromatic heterocycles. The molecule has 0 aliphatic carbocycles. The Morgan fingerprint density at radius 2 is 1.47 bits per heavy atom. The second kappa shape index (κ2) is 18.5. The number of hydrogen-bond acceptors (Lipinski definition) is 3. The Labute approximate surface area is 209 Å². The summed E-state index contributed by atoms with van der Waals surface area (Å²) in [6.45, 7) is 10.4. The number of hydrogen-bond donors (Lipinski definition) is 1. The minimum Gasteiger partial charge on any atom is -0.444 e. The van der Waals surface area contributed by atoms with Crippen LogP contribution in [0.15, 0.2) is 42.5 Å². The van der Waals surface area contributed by atoms with Crippen LogP contribution in [-0.2, 0) is 16.1 Å². The van der Waals surface area contributed by atoms with Gasteiger partial charge in [-0.05, 0) is 46.1 Å². The maximum absolute atomic E-state index is 12.2. The summed E-state index contributed by atoms with van der Waals surface area (Å²) in [5, 5.41) is 2.93. The number of rotatable bonds is 18. The van der Waals surface area contributed by atoms with Gasteiger partial charge >= 0.3 is 6.09 Å². The van der Waals surface area contributed by atoms with Gasteiger partial charge in [0.25, 0.3) is 0 Å². The van der Waals surface area contributed by atoms with Gasteiger partial charge in [0.1, 0.15) is 5.60 Å². The Balaban J connectivity index is 2.35. The van der Waals surface area contributed by atoms with Crippen LogP contribution in [0.2, 0.25) is 0 Å². The summed E-state index contributed by atoms with van der Waals surface area (Å²) in [6, 6.07) is 9.94. The summed E-state index contributed by atoms with van der Waals surface area (Å²) in [5.74, 6) is 0. The third-order valence-electron chi connectivity index (χ3n) is 5.82. The highest BCUT2D eigenvalue weighted by atomic mass is 16.6. The smallest absolute Gasteiger partial charge is 0.407 e. The minimum atomic E-state index is -0.519. The maximum atomic E-state index is 12.2. The number of amides is 1. The summed E-state index contributed by atoms with van der Waals surface area (Å²) in [4.78, 5) is 12.2. The van der Waals surface area contributed by atoms with Gasteiger partial charge in [-0.3, -0.25) is 0 Å². The first-order valence-corrected chi connectivity index (χ1v) is 13.6. The van der Waals surface area contributed by atoms with E-state index in [0.717, 1.165) is 12.0 Å². The van der Waals surface area contributed by atoms with Crippen LogP contribution in [0.1, 0.15) is 117 Å². The second-order valence-corrected chi connectivity index (χ2v) is 10.4. The van der Waals surface area contributed by atoms with Crippen molar-refractivity contribution in [2.75, 3.05) is 0 Å². The van der Waals surface area contributed by atoms with Crippen LogP contribution < -0.4 is 5.32 Å². The molecule has 1 amide bonds. The standard InChI is InChI=1S/C30H51NO3/c1-6-7-8-9-10-11-12-13-14-15-16-17-21-24-28(33-25-27-22-19-18-20-23-27)26(2)31-29(32)34-30(3,4)5/h18-24,26,28H,6-17,25H2,1-5H3,(H,31,32)/b24-21+/t26-,28+/m0/s1. The Bertz CT molecular complexity index is 651. The molecule has 4 heteroatoms. The molecule has 0 aliphatic rings. The van der Waals surface area contributed by atoms with E-state index in [2.05, 4.69) is 36.5 Å². The first kappa shape index (κ1) is 30.2. The molecule has 0 saturated carbocycles. The molecule has 194 valence electrons. The highest BCUT2D eigenvalue weighted by Crippen LogP contribution is 2.14. The van der Waals surface area contributed by atoms with E-state index in [4.69, 9.17) is 9.47 Å². The van der Waals surface area contributed by atoms with Crippen molar-refractivity contribution >= 4 is 6.09 Å². The van der Waals surface area contributed by atoms with E-state index in [1.807, 2.05) is 45.9 Å². The number of unbranched alkanes of at least 4 members (excludes halogenated alkanes) is 11. The molecule has 0 unspecified atom stereocenters. The molecule has 0 spiro atoms. The van der Waals surface area contributed by atoms with E-state index >= 15 is 0 Å². The normalized spacial score (nSPS) is 13.7. The van der Waals surface area contributed by atoms with Gasteiger partial charge < -0.3 is 14.8 Å². The van der Waals surface area contributed by atoms with E-state index in [-0.39, 0.29) is 12.1 Å². The predicted molar refractivity (Wildman–Crippen MR) is 144 cm³/mol. The summed E-state index contributed by atoms with van der Waals surface area (Å²) in [7, 11) is 0. The van der Waals surface area contributed by atoms with Crippen LogP contribution in [0, 0.1) is 0 Å². The highest BCUT2D eigenvalue weighted by molar-refractivity contribution is 5.68. The summed E-state index contributed by atoms with van der Waals surface area (Å²) >= 11 is 0. The largest absolute Gasteiger partial charge is 0.444 e. The van der Waals surface area contributed by atoms with Gasteiger partial charge in [0, 0.05) is 0 Å². The van der Waals surface area contributed by atoms with Crippen molar-refractivity contribution < 1.29 is 14.3 Å². The summed E-state index contributed by atoms with van der Waals surface area (Å²) < 4.78 is 11.6. The average Bonchev–Trinajstić information content (AvgIpc) is 2.78. The van der Waals surface area contributed by atoms with Crippen molar-refractivity contribution in [3.63, 3.8) is 0 Å². The van der Waals surface area contributed by atoms with E-state index in [9.17, 15) is 4.79 Å². The molecule has 1 N–H and O–H groups in total. The number of carbonyl (C=O) groups excluding carboxylic acids is 1. The van der Waals surface area contributed by atoms with Gasteiger partial charge in [0.15, 0.2) is 0 Å². The molecule has 0 radical (unpaired) electrons. The fraction of sp³-hybridized carbons (Fsp3) is 0.700. The zero-order valence-corrected chi connectivity index (χ0v) is 22.6. The molecule has 0 bridgehead atoms. The fourth-order valence-corrected chi connectivity index (χ4v) is 3.87. The van der Waals surface area contributed by atoms with Crippen molar-refractivity contribution in [3.05, 3.63) is 48.0 Å². The zero-order chi connectivity index (χ0) is 25.1. The van der Waals surface area contributed by atoms with Gasteiger partial charge in [0.2, 0.25) is 0 Å². The summed E-state index contributed by atoms with van der Waals surface area (Å²) in [6.07, 6.45) is 19.6. The lowest BCUT2D eigenvalue weighted by molar-refractivity contribution is 0.0293.